The highest BCUT2D eigenvalue weighted by Crippen LogP contribution is 2.37. The molecule has 7 heteroatoms. The molecule has 1 aliphatic heterocycles. The number of carbonyl (C=O) groups is 1. The molecule has 1 aromatic heterocycles. The first-order valence-electron chi connectivity index (χ1n) is 5.57. The van der Waals surface area contributed by atoms with Crippen LogP contribution in [0.15, 0.2) is 18.2 Å². The summed E-state index contributed by atoms with van der Waals surface area (Å²) in [5.41, 5.74) is 5.62. The lowest BCUT2D eigenvalue weighted by Crippen LogP contribution is -2.67. The number of anilines is 1. The molecule has 100 valence electrons. The Morgan fingerprint density at radius 3 is 2.68 bits per heavy atom. The zero-order chi connectivity index (χ0) is 14.3. The van der Waals surface area contributed by atoms with Crippen molar-refractivity contribution in [2.24, 2.45) is 5.73 Å². The largest absolute Gasteiger partial charge is 0.320 e. The Bertz CT molecular complexity index is 698. The van der Waals surface area contributed by atoms with Crippen LogP contribution in [0.25, 0.3) is 0 Å². The average molecular weight is 279 g/mol. The minimum absolute atomic E-state index is 0.0631. The quantitative estimate of drug-likeness (QED) is 0.721. The first kappa shape index (κ1) is 13.5. The lowest BCUT2D eigenvalue weighted by molar-refractivity contribution is -0.120. The van der Waals surface area contributed by atoms with Crippen LogP contribution in [0.3, 0.4) is 0 Å². The van der Waals surface area contributed by atoms with Crippen LogP contribution in [0.5, 0.6) is 0 Å². The molecule has 0 radical (unpaired) electrons. The zero-order valence-electron chi connectivity index (χ0n) is 10.5. The Hall–Kier alpha value is -1.91. The van der Waals surface area contributed by atoms with Gasteiger partial charge in [0, 0.05) is 0 Å². The van der Waals surface area contributed by atoms with Crippen LogP contribution in [0.1, 0.15) is 19.5 Å². The van der Waals surface area contributed by atoms with Crippen molar-refractivity contribution in [3.63, 3.8) is 0 Å². The van der Waals surface area contributed by atoms with E-state index in [4.69, 9.17) is 5.73 Å². The highest BCUT2D eigenvalue weighted by Gasteiger charge is 2.61. The smallest absolute Gasteiger partial charge is 0.264 e. The molecule has 0 aliphatic carbocycles. The van der Waals surface area contributed by atoms with Crippen molar-refractivity contribution < 1.29 is 13.2 Å². The average Bonchev–Trinajstić information content (AvgIpc) is 2.36. The number of hydrogen-bond acceptors (Lipinski definition) is 5. The van der Waals surface area contributed by atoms with Gasteiger partial charge < -0.3 is 5.73 Å². The summed E-state index contributed by atoms with van der Waals surface area (Å²) in [4.78, 5) is 15.9. The van der Waals surface area contributed by atoms with Crippen molar-refractivity contribution in [1.29, 1.82) is 0 Å². The van der Waals surface area contributed by atoms with Gasteiger partial charge in [0.05, 0.1) is 6.54 Å². The summed E-state index contributed by atoms with van der Waals surface area (Å²) in [6.07, 6.45) is 0. The molecular formula is C12H13N3O3S. The Kier molecular flexibility index (Phi) is 3.08. The normalized spacial score (nSPS) is 19.3. The van der Waals surface area contributed by atoms with Gasteiger partial charge in [0.2, 0.25) is 0 Å². The van der Waals surface area contributed by atoms with Gasteiger partial charge in [-0.1, -0.05) is 12.0 Å². The highest BCUT2D eigenvalue weighted by molar-refractivity contribution is 7.98. The number of carbonyl (C=O) groups excluding carboxylic acids is 1. The Labute approximate surface area is 111 Å². The van der Waals surface area contributed by atoms with Crippen LogP contribution in [0.2, 0.25) is 0 Å². The van der Waals surface area contributed by atoms with E-state index < -0.39 is 20.7 Å². The third-order valence-electron chi connectivity index (χ3n) is 2.85. The number of nitrogens with zero attached hydrogens (tertiary/aromatic N) is 2. The predicted molar refractivity (Wildman–Crippen MR) is 70.7 cm³/mol. The molecule has 1 aromatic rings. The summed E-state index contributed by atoms with van der Waals surface area (Å²) in [5.74, 6) is 4.88. The molecule has 1 amide bonds. The summed E-state index contributed by atoms with van der Waals surface area (Å²) in [5, 5.41) is 0. The van der Waals surface area contributed by atoms with Crippen molar-refractivity contribution in [2.75, 3.05) is 10.8 Å². The van der Waals surface area contributed by atoms with Gasteiger partial charge in [-0.3, -0.25) is 4.79 Å². The van der Waals surface area contributed by atoms with Crippen LogP contribution in [0.4, 0.5) is 5.82 Å². The Morgan fingerprint density at radius 1 is 1.42 bits per heavy atom. The van der Waals surface area contributed by atoms with Gasteiger partial charge in [0.15, 0.2) is 10.6 Å². The number of sulfonamides is 1. The Balaban J connectivity index is 2.43. The van der Waals surface area contributed by atoms with E-state index in [0.29, 0.717) is 10.00 Å². The lowest BCUT2D eigenvalue weighted by Gasteiger charge is -2.42. The maximum atomic E-state index is 12.0. The standard InChI is InChI=1S/C12H13N3O3S/c1-12(2)11(16)15(19(12,17)18)10-7-3-5-9(14-10)6-4-8-13/h3,5,7H,8,13H2,1-2H3. The van der Waals surface area contributed by atoms with Gasteiger partial charge in [-0.15, -0.1) is 0 Å². The van der Waals surface area contributed by atoms with E-state index >= 15 is 0 Å². The summed E-state index contributed by atoms with van der Waals surface area (Å²) < 4.78 is 23.3. The number of amides is 1. The molecular weight excluding hydrogens is 266 g/mol. The van der Waals surface area contributed by atoms with Gasteiger partial charge in [0.25, 0.3) is 15.9 Å². The predicted octanol–water partition coefficient (Wildman–Crippen LogP) is -0.153. The van der Waals surface area contributed by atoms with Crippen LogP contribution in [-0.4, -0.2) is 30.6 Å². The van der Waals surface area contributed by atoms with E-state index in [2.05, 4.69) is 16.8 Å². The molecule has 0 unspecified atom stereocenters. The third kappa shape index (κ3) is 1.89. The SMILES string of the molecule is CC1(C)C(=O)N(c2cccc(C#CCN)n2)S1(=O)=O. The number of rotatable bonds is 1. The number of pyridine rings is 1. The molecule has 0 spiro atoms. The molecule has 0 bridgehead atoms. The van der Waals surface area contributed by atoms with E-state index in [0.717, 1.165) is 0 Å². The summed E-state index contributed by atoms with van der Waals surface area (Å²) in [6.45, 7) is 2.93. The number of nitrogens with two attached hydrogens (primary N) is 1. The molecule has 0 aromatic carbocycles. The topological polar surface area (TPSA) is 93.4 Å². The molecule has 2 rings (SSSR count). The molecule has 19 heavy (non-hydrogen) atoms. The lowest BCUT2D eigenvalue weighted by atomic mass is 10.2. The van der Waals surface area contributed by atoms with Crippen LogP contribution < -0.4 is 10.0 Å². The van der Waals surface area contributed by atoms with E-state index in [1.807, 2.05) is 0 Å². The molecule has 0 atom stereocenters. The van der Waals surface area contributed by atoms with Crippen molar-refractivity contribution in [2.45, 2.75) is 18.6 Å². The van der Waals surface area contributed by atoms with Crippen molar-refractivity contribution in [1.82, 2.24) is 4.98 Å². The van der Waals surface area contributed by atoms with Gasteiger partial charge in [0.1, 0.15) is 5.69 Å². The number of hydrogen-bond donors (Lipinski definition) is 1. The van der Waals surface area contributed by atoms with Crippen LogP contribution >= 0.6 is 0 Å². The molecule has 0 saturated carbocycles. The fourth-order valence-electron chi connectivity index (χ4n) is 1.63. The fourth-order valence-corrected chi connectivity index (χ4v) is 3.06. The maximum Gasteiger partial charge on any atom is 0.264 e. The number of aromatic nitrogens is 1. The van der Waals surface area contributed by atoms with Gasteiger partial charge in [-0.25, -0.2) is 13.4 Å². The molecule has 1 fully saturated rings. The third-order valence-corrected chi connectivity index (χ3v) is 5.14. The highest BCUT2D eigenvalue weighted by atomic mass is 32.2. The van der Waals surface area contributed by atoms with Crippen LogP contribution in [-0.2, 0) is 14.8 Å². The Morgan fingerprint density at radius 2 is 2.11 bits per heavy atom. The van der Waals surface area contributed by atoms with E-state index in [1.54, 1.807) is 12.1 Å². The molecule has 6 nitrogen and oxygen atoms in total. The van der Waals surface area contributed by atoms with E-state index in [1.165, 1.54) is 19.9 Å². The second kappa shape index (κ2) is 4.33. The monoisotopic (exact) mass is 279 g/mol. The summed E-state index contributed by atoms with van der Waals surface area (Å²) in [7, 11) is -3.69. The van der Waals surface area contributed by atoms with E-state index in [9.17, 15) is 13.2 Å². The summed E-state index contributed by atoms with van der Waals surface area (Å²) >= 11 is 0. The minimum atomic E-state index is -3.69. The first-order chi connectivity index (χ1) is 8.82. The molecule has 1 aliphatic rings. The maximum absolute atomic E-state index is 12.0. The fraction of sp³-hybridized carbons (Fsp3) is 0.333. The van der Waals surface area contributed by atoms with Gasteiger partial charge >= 0.3 is 0 Å². The zero-order valence-corrected chi connectivity index (χ0v) is 11.4. The van der Waals surface area contributed by atoms with Crippen LogP contribution in [0, 0.1) is 11.8 Å². The molecule has 2 N–H and O–H groups in total. The van der Waals surface area contributed by atoms with Crippen molar-refractivity contribution in [3.8, 4) is 11.8 Å². The second-order valence-corrected chi connectivity index (χ2v) is 6.81. The minimum Gasteiger partial charge on any atom is -0.320 e. The summed E-state index contributed by atoms with van der Waals surface area (Å²) in [6, 6.07) is 4.67. The molecule has 2 heterocycles. The van der Waals surface area contributed by atoms with Gasteiger partial charge in [-0.2, -0.15) is 4.31 Å². The van der Waals surface area contributed by atoms with E-state index in [-0.39, 0.29) is 12.4 Å². The van der Waals surface area contributed by atoms with Crippen molar-refractivity contribution in [3.05, 3.63) is 23.9 Å². The molecule has 1 saturated heterocycles. The first-order valence-corrected chi connectivity index (χ1v) is 7.01. The second-order valence-electron chi connectivity index (χ2n) is 4.47. The van der Waals surface area contributed by atoms with Gasteiger partial charge in [-0.05, 0) is 31.9 Å². The van der Waals surface area contributed by atoms with Crippen molar-refractivity contribution >= 4 is 21.7 Å².